The van der Waals surface area contributed by atoms with E-state index in [1.165, 1.54) is 0 Å². The lowest BCUT2D eigenvalue weighted by atomic mass is 10.0. The van der Waals surface area contributed by atoms with E-state index in [0.29, 0.717) is 33.0 Å². The molecule has 1 aliphatic rings. The molecular weight excluding hydrogens is 260 g/mol. The molecule has 1 heterocycles. The molecule has 0 aromatic carbocycles. The first-order chi connectivity index (χ1) is 9.72. The van der Waals surface area contributed by atoms with Crippen LogP contribution in [0.15, 0.2) is 0 Å². The summed E-state index contributed by atoms with van der Waals surface area (Å²) in [7, 11) is 0. The predicted octanol–water partition coefficient (Wildman–Crippen LogP) is 0.516. The van der Waals surface area contributed by atoms with Crippen LogP contribution in [0.3, 0.4) is 0 Å². The molecular formula is C14H28N2O4. The van der Waals surface area contributed by atoms with E-state index in [4.69, 9.17) is 14.2 Å². The van der Waals surface area contributed by atoms with E-state index in [0.717, 1.165) is 13.0 Å². The van der Waals surface area contributed by atoms with E-state index in [-0.39, 0.29) is 24.2 Å². The van der Waals surface area contributed by atoms with Gasteiger partial charge in [0.15, 0.2) is 6.29 Å². The SMILES string of the molecule is CCCNC1COCC1C(=O)NCC(OCC)OCC. The fourth-order valence-corrected chi connectivity index (χ4v) is 2.20. The van der Waals surface area contributed by atoms with Gasteiger partial charge in [0.25, 0.3) is 0 Å². The first kappa shape index (κ1) is 17.4. The highest BCUT2D eigenvalue weighted by atomic mass is 16.7. The molecule has 118 valence electrons. The molecule has 0 spiro atoms. The van der Waals surface area contributed by atoms with Crippen molar-refractivity contribution in [2.24, 2.45) is 5.92 Å². The summed E-state index contributed by atoms with van der Waals surface area (Å²) < 4.78 is 16.2. The Kier molecular flexibility index (Phi) is 8.77. The van der Waals surface area contributed by atoms with Crippen molar-refractivity contribution in [2.45, 2.75) is 39.5 Å². The van der Waals surface area contributed by atoms with Gasteiger partial charge in [0.05, 0.1) is 25.7 Å². The first-order valence-corrected chi connectivity index (χ1v) is 7.54. The number of nitrogens with one attached hydrogen (secondary N) is 2. The smallest absolute Gasteiger partial charge is 0.227 e. The standard InChI is InChI=1S/C14H28N2O4/c1-4-7-15-12-10-18-9-11(12)14(17)16-8-13(19-5-2)20-6-3/h11-13,15H,4-10H2,1-3H3,(H,16,17). The van der Waals surface area contributed by atoms with Crippen LogP contribution in [0.1, 0.15) is 27.2 Å². The zero-order valence-electron chi connectivity index (χ0n) is 12.8. The number of carbonyl (C=O) groups is 1. The molecule has 0 saturated carbocycles. The Balaban J connectivity index is 2.36. The molecule has 1 saturated heterocycles. The topological polar surface area (TPSA) is 68.8 Å². The predicted molar refractivity (Wildman–Crippen MR) is 76.4 cm³/mol. The van der Waals surface area contributed by atoms with Crippen LogP contribution in [0.25, 0.3) is 0 Å². The van der Waals surface area contributed by atoms with Gasteiger partial charge in [0.1, 0.15) is 0 Å². The summed E-state index contributed by atoms with van der Waals surface area (Å²) in [5.74, 6) is -0.133. The Labute approximate surface area is 121 Å². The maximum Gasteiger partial charge on any atom is 0.227 e. The molecule has 0 aromatic heterocycles. The number of ether oxygens (including phenoxy) is 3. The van der Waals surface area contributed by atoms with Crippen LogP contribution in [0.5, 0.6) is 0 Å². The normalized spacial score (nSPS) is 22.4. The number of hydrogen-bond acceptors (Lipinski definition) is 5. The summed E-state index contributed by atoms with van der Waals surface area (Å²) in [6.45, 7) is 9.39. The Bertz CT molecular complexity index is 270. The first-order valence-electron chi connectivity index (χ1n) is 7.54. The summed E-state index contributed by atoms with van der Waals surface area (Å²) in [6.07, 6.45) is 0.667. The van der Waals surface area contributed by atoms with Gasteiger partial charge in [-0.25, -0.2) is 0 Å². The maximum atomic E-state index is 12.2. The molecule has 0 aliphatic carbocycles. The number of hydrogen-bond donors (Lipinski definition) is 2. The van der Waals surface area contributed by atoms with Gasteiger partial charge in [0.2, 0.25) is 5.91 Å². The quantitative estimate of drug-likeness (QED) is 0.574. The largest absolute Gasteiger partial charge is 0.379 e. The Hall–Kier alpha value is -0.690. The van der Waals surface area contributed by atoms with E-state index in [1.807, 2.05) is 13.8 Å². The van der Waals surface area contributed by atoms with Gasteiger partial charge in [-0.3, -0.25) is 4.79 Å². The fourth-order valence-electron chi connectivity index (χ4n) is 2.20. The van der Waals surface area contributed by atoms with E-state index < -0.39 is 0 Å². The lowest BCUT2D eigenvalue weighted by Gasteiger charge is -2.21. The van der Waals surface area contributed by atoms with E-state index in [1.54, 1.807) is 0 Å². The second-order valence-corrected chi connectivity index (χ2v) is 4.79. The lowest BCUT2D eigenvalue weighted by molar-refractivity contribution is -0.142. The van der Waals surface area contributed by atoms with Crippen molar-refractivity contribution in [3.8, 4) is 0 Å². The summed E-state index contributed by atoms with van der Waals surface area (Å²) in [6, 6.07) is 0.104. The highest BCUT2D eigenvalue weighted by molar-refractivity contribution is 5.79. The summed E-state index contributed by atoms with van der Waals surface area (Å²) >= 11 is 0. The van der Waals surface area contributed by atoms with Gasteiger partial charge in [0, 0.05) is 19.3 Å². The average Bonchev–Trinajstić information content (AvgIpc) is 2.91. The summed E-state index contributed by atoms with van der Waals surface area (Å²) in [5, 5.41) is 6.24. The summed E-state index contributed by atoms with van der Waals surface area (Å²) in [5.41, 5.74) is 0. The fraction of sp³-hybridized carbons (Fsp3) is 0.929. The van der Waals surface area contributed by atoms with Crippen molar-refractivity contribution in [2.75, 3.05) is 39.5 Å². The molecule has 1 amide bonds. The van der Waals surface area contributed by atoms with E-state index >= 15 is 0 Å². The average molecular weight is 288 g/mol. The van der Waals surface area contributed by atoms with Crippen LogP contribution in [-0.2, 0) is 19.0 Å². The third-order valence-corrected chi connectivity index (χ3v) is 3.22. The van der Waals surface area contributed by atoms with Crippen LogP contribution in [0, 0.1) is 5.92 Å². The molecule has 0 radical (unpaired) electrons. The van der Waals surface area contributed by atoms with Crippen molar-refractivity contribution in [1.82, 2.24) is 10.6 Å². The van der Waals surface area contributed by atoms with Crippen molar-refractivity contribution >= 4 is 5.91 Å². The van der Waals surface area contributed by atoms with Crippen LogP contribution >= 0.6 is 0 Å². The van der Waals surface area contributed by atoms with Crippen molar-refractivity contribution in [1.29, 1.82) is 0 Å². The van der Waals surface area contributed by atoms with E-state index in [2.05, 4.69) is 17.6 Å². The van der Waals surface area contributed by atoms with Crippen molar-refractivity contribution < 1.29 is 19.0 Å². The molecule has 6 heteroatoms. The Morgan fingerprint density at radius 3 is 2.55 bits per heavy atom. The molecule has 2 unspecified atom stereocenters. The molecule has 6 nitrogen and oxygen atoms in total. The van der Waals surface area contributed by atoms with Crippen molar-refractivity contribution in [3.05, 3.63) is 0 Å². The minimum atomic E-state index is -0.377. The number of carbonyl (C=O) groups excluding carboxylic acids is 1. The van der Waals surface area contributed by atoms with Crippen LogP contribution in [-0.4, -0.2) is 57.8 Å². The van der Waals surface area contributed by atoms with Crippen LogP contribution < -0.4 is 10.6 Å². The third-order valence-electron chi connectivity index (χ3n) is 3.22. The molecule has 0 aromatic rings. The Morgan fingerprint density at radius 2 is 1.95 bits per heavy atom. The minimum absolute atomic E-state index is 0.000471. The molecule has 20 heavy (non-hydrogen) atoms. The maximum absolute atomic E-state index is 12.2. The minimum Gasteiger partial charge on any atom is -0.379 e. The van der Waals surface area contributed by atoms with Gasteiger partial charge >= 0.3 is 0 Å². The molecule has 2 atom stereocenters. The molecule has 1 aliphatic heterocycles. The summed E-state index contributed by atoms with van der Waals surface area (Å²) in [4.78, 5) is 12.2. The molecule has 0 bridgehead atoms. The van der Waals surface area contributed by atoms with Gasteiger partial charge < -0.3 is 24.8 Å². The molecule has 2 N–H and O–H groups in total. The third kappa shape index (κ3) is 5.75. The second-order valence-electron chi connectivity index (χ2n) is 4.79. The van der Waals surface area contributed by atoms with Crippen molar-refractivity contribution in [3.63, 3.8) is 0 Å². The lowest BCUT2D eigenvalue weighted by Crippen LogP contribution is -2.46. The highest BCUT2D eigenvalue weighted by Gasteiger charge is 2.33. The van der Waals surface area contributed by atoms with Gasteiger partial charge in [-0.15, -0.1) is 0 Å². The molecule has 1 rings (SSSR count). The van der Waals surface area contributed by atoms with Gasteiger partial charge in [-0.2, -0.15) is 0 Å². The van der Waals surface area contributed by atoms with Gasteiger partial charge in [-0.05, 0) is 26.8 Å². The second kappa shape index (κ2) is 10.1. The number of amides is 1. The van der Waals surface area contributed by atoms with Gasteiger partial charge in [-0.1, -0.05) is 6.92 Å². The zero-order valence-corrected chi connectivity index (χ0v) is 12.8. The monoisotopic (exact) mass is 288 g/mol. The Morgan fingerprint density at radius 1 is 1.25 bits per heavy atom. The number of rotatable bonds is 10. The zero-order chi connectivity index (χ0) is 14.8. The van der Waals surface area contributed by atoms with Crippen LogP contribution in [0.2, 0.25) is 0 Å². The molecule has 1 fully saturated rings. The van der Waals surface area contributed by atoms with Crippen LogP contribution in [0.4, 0.5) is 0 Å². The van der Waals surface area contributed by atoms with E-state index in [9.17, 15) is 4.79 Å². The highest BCUT2D eigenvalue weighted by Crippen LogP contribution is 2.14.